The first-order valence-electron chi connectivity index (χ1n) is 8.29. The van der Waals surface area contributed by atoms with Crippen LogP contribution >= 0.6 is 0 Å². The van der Waals surface area contributed by atoms with Crippen molar-refractivity contribution in [3.8, 4) is 0 Å². The number of rotatable bonds is 4. The molecule has 1 aromatic carbocycles. The minimum absolute atomic E-state index is 0.494. The molecule has 1 aliphatic heterocycles. The smallest absolute Gasteiger partial charge is 0.137 e. The van der Waals surface area contributed by atoms with Gasteiger partial charge in [0.25, 0.3) is 0 Å². The third-order valence-corrected chi connectivity index (χ3v) is 4.66. The largest absolute Gasteiger partial charge is 0.329 e. The molecule has 22 heavy (non-hydrogen) atoms. The molecule has 1 fully saturated rings. The van der Waals surface area contributed by atoms with Gasteiger partial charge in [-0.25, -0.2) is 4.98 Å². The zero-order chi connectivity index (χ0) is 15.4. The van der Waals surface area contributed by atoms with Gasteiger partial charge in [0.2, 0.25) is 0 Å². The minimum Gasteiger partial charge on any atom is -0.329 e. The Morgan fingerprint density at radius 2 is 1.95 bits per heavy atom. The highest BCUT2D eigenvalue weighted by Crippen LogP contribution is 2.36. The van der Waals surface area contributed by atoms with Crippen LogP contribution < -0.4 is 4.90 Å². The Kier molecular flexibility index (Phi) is 4.74. The van der Waals surface area contributed by atoms with Gasteiger partial charge in [-0.3, -0.25) is 4.90 Å². The molecule has 0 saturated carbocycles. The van der Waals surface area contributed by atoms with Gasteiger partial charge in [0, 0.05) is 30.5 Å². The van der Waals surface area contributed by atoms with Gasteiger partial charge >= 0.3 is 0 Å². The van der Waals surface area contributed by atoms with E-state index in [1.54, 1.807) is 0 Å². The van der Waals surface area contributed by atoms with Gasteiger partial charge in [-0.05, 0) is 44.1 Å². The highest BCUT2D eigenvalue weighted by atomic mass is 15.2. The molecule has 1 atom stereocenters. The van der Waals surface area contributed by atoms with E-state index in [2.05, 4.69) is 66.2 Å². The number of hydrogen-bond donors (Lipinski definition) is 0. The summed E-state index contributed by atoms with van der Waals surface area (Å²) in [6, 6.07) is 15.3. The standard InChI is InChI=1S/C19H25N3/c1-3-22-15-8-7-13-18(22)17-12-9-14-20-19(17)21(2)16-10-5-4-6-11-16/h4-6,9-12,14,18H,3,7-8,13,15H2,1-2H3/t18-/m0/s1. The van der Waals surface area contributed by atoms with E-state index in [1.807, 2.05) is 6.20 Å². The molecule has 0 bridgehead atoms. The van der Waals surface area contributed by atoms with Crippen molar-refractivity contribution in [3.63, 3.8) is 0 Å². The molecule has 2 aromatic rings. The van der Waals surface area contributed by atoms with Gasteiger partial charge in [-0.1, -0.05) is 37.6 Å². The molecule has 116 valence electrons. The average Bonchev–Trinajstić information content (AvgIpc) is 2.62. The lowest BCUT2D eigenvalue weighted by Gasteiger charge is -2.36. The molecule has 0 amide bonds. The molecule has 1 saturated heterocycles. The first-order chi connectivity index (χ1) is 10.8. The molecule has 0 radical (unpaired) electrons. The summed E-state index contributed by atoms with van der Waals surface area (Å²) in [5.74, 6) is 1.08. The summed E-state index contributed by atoms with van der Waals surface area (Å²) in [6.07, 6.45) is 5.76. The molecule has 1 aliphatic rings. The fraction of sp³-hybridized carbons (Fsp3) is 0.421. The Morgan fingerprint density at radius 3 is 2.73 bits per heavy atom. The van der Waals surface area contributed by atoms with Gasteiger partial charge in [0.1, 0.15) is 5.82 Å². The van der Waals surface area contributed by atoms with Crippen LogP contribution in [0.1, 0.15) is 37.8 Å². The molecule has 1 aromatic heterocycles. The molecular formula is C19H25N3. The first-order valence-corrected chi connectivity index (χ1v) is 8.29. The van der Waals surface area contributed by atoms with E-state index in [-0.39, 0.29) is 0 Å². The predicted octanol–water partition coefficient (Wildman–Crippen LogP) is 4.40. The normalized spacial score (nSPS) is 19.1. The van der Waals surface area contributed by atoms with Gasteiger partial charge < -0.3 is 4.90 Å². The van der Waals surface area contributed by atoms with Gasteiger partial charge in [0.05, 0.1) is 0 Å². The summed E-state index contributed by atoms with van der Waals surface area (Å²) in [5, 5.41) is 0. The van der Waals surface area contributed by atoms with Gasteiger partial charge in [-0.15, -0.1) is 0 Å². The number of para-hydroxylation sites is 1. The lowest BCUT2D eigenvalue weighted by molar-refractivity contribution is 0.157. The summed E-state index contributed by atoms with van der Waals surface area (Å²) in [6.45, 7) is 4.56. The summed E-state index contributed by atoms with van der Waals surface area (Å²) in [4.78, 5) is 9.49. The molecule has 3 heteroatoms. The lowest BCUT2D eigenvalue weighted by atomic mass is 9.95. The van der Waals surface area contributed by atoms with E-state index in [9.17, 15) is 0 Å². The van der Waals surface area contributed by atoms with Crippen LogP contribution in [0.25, 0.3) is 0 Å². The van der Waals surface area contributed by atoms with Crippen LogP contribution in [0, 0.1) is 0 Å². The topological polar surface area (TPSA) is 19.4 Å². The number of nitrogens with zero attached hydrogens (tertiary/aromatic N) is 3. The van der Waals surface area contributed by atoms with E-state index >= 15 is 0 Å². The Hall–Kier alpha value is -1.87. The average molecular weight is 295 g/mol. The van der Waals surface area contributed by atoms with Crippen LogP contribution in [0.4, 0.5) is 11.5 Å². The Morgan fingerprint density at radius 1 is 1.14 bits per heavy atom. The van der Waals surface area contributed by atoms with E-state index in [1.165, 1.54) is 37.1 Å². The number of hydrogen-bond acceptors (Lipinski definition) is 3. The van der Waals surface area contributed by atoms with E-state index in [0.717, 1.165) is 12.4 Å². The second-order valence-electron chi connectivity index (χ2n) is 5.95. The molecular weight excluding hydrogens is 270 g/mol. The van der Waals surface area contributed by atoms with Gasteiger partial charge in [0.15, 0.2) is 0 Å². The molecule has 3 rings (SSSR count). The molecule has 0 unspecified atom stereocenters. The SMILES string of the molecule is CCN1CCCC[C@H]1c1cccnc1N(C)c1ccccc1. The number of anilines is 2. The maximum Gasteiger partial charge on any atom is 0.137 e. The van der Waals surface area contributed by atoms with E-state index in [4.69, 9.17) is 4.98 Å². The predicted molar refractivity (Wildman–Crippen MR) is 92.6 cm³/mol. The summed E-state index contributed by atoms with van der Waals surface area (Å²) >= 11 is 0. The Bertz CT molecular complexity index is 597. The van der Waals surface area contributed by atoms with Gasteiger partial charge in [-0.2, -0.15) is 0 Å². The second kappa shape index (κ2) is 6.93. The summed E-state index contributed by atoms with van der Waals surface area (Å²) in [7, 11) is 2.11. The van der Waals surface area contributed by atoms with Crippen LogP contribution in [0.5, 0.6) is 0 Å². The Balaban J connectivity index is 1.96. The lowest BCUT2D eigenvalue weighted by Crippen LogP contribution is -2.34. The maximum absolute atomic E-state index is 4.70. The van der Waals surface area contributed by atoms with Crippen molar-refractivity contribution in [2.24, 2.45) is 0 Å². The Labute approximate surface area is 133 Å². The molecule has 0 aliphatic carbocycles. The molecule has 0 N–H and O–H groups in total. The third-order valence-electron chi connectivity index (χ3n) is 4.66. The van der Waals surface area contributed by atoms with Crippen LogP contribution in [0.15, 0.2) is 48.7 Å². The second-order valence-corrected chi connectivity index (χ2v) is 5.95. The third kappa shape index (κ3) is 3.00. The van der Waals surface area contributed by atoms with Crippen molar-refractivity contribution in [2.75, 3.05) is 25.0 Å². The molecule has 2 heterocycles. The zero-order valence-electron chi connectivity index (χ0n) is 13.6. The highest BCUT2D eigenvalue weighted by Gasteiger charge is 2.26. The number of pyridine rings is 1. The van der Waals surface area contributed by atoms with Crippen molar-refractivity contribution in [2.45, 2.75) is 32.2 Å². The molecule has 0 spiro atoms. The van der Waals surface area contributed by atoms with Crippen molar-refractivity contribution in [1.29, 1.82) is 0 Å². The summed E-state index contributed by atoms with van der Waals surface area (Å²) < 4.78 is 0. The summed E-state index contributed by atoms with van der Waals surface area (Å²) in [5.41, 5.74) is 2.54. The monoisotopic (exact) mass is 295 g/mol. The first kappa shape index (κ1) is 15.0. The minimum atomic E-state index is 0.494. The molecule has 3 nitrogen and oxygen atoms in total. The zero-order valence-corrected chi connectivity index (χ0v) is 13.6. The van der Waals surface area contributed by atoms with Crippen LogP contribution in [0.2, 0.25) is 0 Å². The number of benzene rings is 1. The quantitative estimate of drug-likeness (QED) is 0.833. The van der Waals surface area contributed by atoms with Crippen molar-refractivity contribution >= 4 is 11.5 Å². The van der Waals surface area contributed by atoms with Crippen LogP contribution in [-0.2, 0) is 0 Å². The van der Waals surface area contributed by atoms with Crippen molar-refractivity contribution in [3.05, 3.63) is 54.2 Å². The van der Waals surface area contributed by atoms with Crippen LogP contribution in [0.3, 0.4) is 0 Å². The van der Waals surface area contributed by atoms with E-state index in [0.29, 0.717) is 6.04 Å². The number of aromatic nitrogens is 1. The highest BCUT2D eigenvalue weighted by molar-refractivity contribution is 5.62. The van der Waals surface area contributed by atoms with E-state index < -0.39 is 0 Å². The van der Waals surface area contributed by atoms with Crippen molar-refractivity contribution < 1.29 is 0 Å². The van der Waals surface area contributed by atoms with Crippen molar-refractivity contribution in [1.82, 2.24) is 9.88 Å². The number of likely N-dealkylation sites (tertiary alicyclic amines) is 1. The van der Waals surface area contributed by atoms with Crippen LogP contribution in [-0.4, -0.2) is 30.0 Å². The maximum atomic E-state index is 4.70. The fourth-order valence-electron chi connectivity index (χ4n) is 3.45. The number of piperidine rings is 1. The fourth-order valence-corrected chi connectivity index (χ4v) is 3.45.